The minimum atomic E-state index is -0.495. The number of ether oxygens (including phenoxy) is 1. The molecule has 5 heteroatoms. The van der Waals surface area contributed by atoms with Crippen molar-refractivity contribution in [1.29, 1.82) is 0 Å². The molecule has 2 rings (SSSR count). The highest BCUT2D eigenvalue weighted by Gasteiger charge is 2.57. The number of fused-ring (bicyclic) bond motifs is 1. The SMILES string of the molecule is CC(C)(C)OC(=O)N[C@]12CNC[C@H]1C(CF)C2. The summed E-state index contributed by atoms with van der Waals surface area (Å²) in [5.74, 6) is 0.292. The Bertz CT molecular complexity index is 316. The maximum Gasteiger partial charge on any atom is 0.408 e. The lowest BCUT2D eigenvalue weighted by Crippen LogP contribution is -2.65. The van der Waals surface area contributed by atoms with Gasteiger partial charge in [0.05, 0.1) is 12.2 Å². The highest BCUT2D eigenvalue weighted by molar-refractivity contribution is 5.69. The van der Waals surface area contributed by atoms with E-state index in [0.29, 0.717) is 13.0 Å². The Kier molecular flexibility index (Phi) is 3.06. The normalized spacial score (nSPS) is 36.0. The van der Waals surface area contributed by atoms with Gasteiger partial charge in [0.25, 0.3) is 0 Å². The molecule has 0 aromatic heterocycles. The first kappa shape index (κ1) is 12.6. The average Bonchev–Trinajstić information content (AvgIpc) is 2.44. The van der Waals surface area contributed by atoms with E-state index in [4.69, 9.17) is 4.74 Å². The van der Waals surface area contributed by atoms with Crippen LogP contribution in [-0.2, 0) is 4.74 Å². The lowest BCUT2D eigenvalue weighted by atomic mass is 9.61. The van der Waals surface area contributed by atoms with Gasteiger partial charge < -0.3 is 15.4 Å². The summed E-state index contributed by atoms with van der Waals surface area (Å²) in [4.78, 5) is 11.7. The van der Waals surface area contributed by atoms with Crippen LogP contribution in [0.2, 0.25) is 0 Å². The Morgan fingerprint density at radius 2 is 2.29 bits per heavy atom. The highest BCUT2D eigenvalue weighted by atomic mass is 19.1. The largest absolute Gasteiger partial charge is 0.444 e. The van der Waals surface area contributed by atoms with Gasteiger partial charge >= 0.3 is 6.09 Å². The fourth-order valence-corrected chi connectivity index (χ4v) is 2.93. The number of alkyl carbamates (subject to hydrolysis) is 1. The summed E-state index contributed by atoms with van der Waals surface area (Å²) >= 11 is 0. The van der Waals surface area contributed by atoms with Crippen molar-refractivity contribution in [3.05, 3.63) is 0 Å². The molecule has 3 atom stereocenters. The third kappa shape index (κ3) is 2.39. The molecule has 0 bridgehead atoms. The van der Waals surface area contributed by atoms with Crippen LogP contribution in [0.1, 0.15) is 27.2 Å². The molecule has 1 aliphatic heterocycles. The number of rotatable bonds is 2. The third-order valence-corrected chi connectivity index (χ3v) is 3.66. The molecule has 0 aromatic carbocycles. The topological polar surface area (TPSA) is 50.4 Å². The van der Waals surface area contributed by atoms with Crippen molar-refractivity contribution < 1.29 is 13.9 Å². The van der Waals surface area contributed by atoms with Gasteiger partial charge in [-0.1, -0.05) is 0 Å². The second-order valence-corrected chi connectivity index (χ2v) is 6.14. The minimum absolute atomic E-state index is 0.0833. The monoisotopic (exact) mass is 244 g/mol. The molecule has 1 saturated heterocycles. The van der Waals surface area contributed by atoms with Gasteiger partial charge in [0.15, 0.2) is 0 Å². The predicted molar refractivity (Wildman–Crippen MR) is 62.5 cm³/mol. The highest BCUT2D eigenvalue weighted by Crippen LogP contribution is 2.46. The minimum Gasteiger partial charge on any atom is -0.444 e. The zero-order valence-electron chi connectivity index (χ0n) is 10.7. The van der Waals surface area contributed by atoms with Crippen molar-refractivity contribution in [3.8, 4) is 0 Å². The summed E-state index contributed by atoms with van der Waals surface area (Å²) in [5.41, 5.74) is -0.773. The number of halogens is 1. The van der Waals surface area contributed by atoms with Gasteiger partial charge in [-0.15, -0.1) is 0 Å². The molecular weight excluding hydrogens is 223 g/mol. The second-order valence-electron chi connectivity index (χ2n) is 6.14. The Labute approximate surface area is 101 Å². The van der Waals surface area contributed by atoms with Crippen LogP contribution >= 0.6 is 0 Å². The molecule has 1 aliphatic carbocycles. The van der Waals surface area contributed by atoms with Crippen molar-refractivity contribution in [2.45, 2.75) is 38.3 Å². The van der Waals surface area contributed by atoms with E-state index in [-0.39, 0.29) is 24.0 Å². The molecule has 98 valence electrons. The second kappa shape index (κ2) is 4.12. The first-order valence-corrected chi connectivity index (χ1v) is 6.14. The van der Waals surface area contributed by atoms with Crippen LogP contribution < -0.4 is 10.6 Å². The molecule has 1 amide bonds. The molecule has 1 unspecified atom stereocenters. The van der Waals surface area contributed by atoms with Crippen LogP contribution in [0.4, 0.5) is 9.18 Å². The molecule has 0 radical (unpaired) electrons. The van der Waals surface area contributed by atoms with Crippen LogP contribution in [0.3, 0.4) is 0 Å². The van der Waals surface area contributed by atoms with Crippen molar-refractivity contribution in [2.75, 3.05) is 19.8 Å². The van der Waals surface area contributed by atoms with Crippen molar-refractivity contribution in [2.24, 2.45) is 11.8 Å². The number of carbonyl (C=O) groups is 1. The van der Waals surface area contributed by atoms with Gasteiger partial charge in [0, 0.05) is 19.0 Å². The molecule has 17 heavy (non-hydrogen) atoms. The lowest BCUT2D eigenvalue weighted by molar-refractivity contribution is 0.00570. The molecular formula is C12H21FN2O2. The first-order valence-electron chi connectivity index (χ1n) is 6.14. The fourth-order valence-electron chi connectivity index (χ4n) is 2.93. The standard InChI is InChI=1S/C12H21FN2O2/c1-11(2,3)17-10(16)15-12-4-8(5-13)9(12)6-14-7-12/h8-9,14H,4-7H2,1-3H3,(H,15,16)/t8?,9-,12+/m0/s1. The molecule has 1 heterocycles. The Morgan fingerprint density at radius 3 is 2.88 bits per heavy atom. The average molecular weight is 244 g/mol. The summed E-state index contributed by atoms with van der Waals surface area (Å²) in [6, 6.07) is 0. The maximum atomic E-state index is 12.7. The molecule has 1 saturated carbocycles. The van der Waals surface area contributed by atoms with Gasteiger partial charge in [-0.05, 0) is 33.1 Å². The van der Waals surface area contributed by atoms with Crippen LogP contribution in [0, 0.1) is 11.8 Å². The number of nitrogens with one attached hydrogen (secondary N) is 2. The zero-order chi connectivity index (χ0) is 12.7. The molecule has 0 aromatic rings. The van der Waals surface area contributed by atoms with Gasteiger partial charge in [-0.2, -0.15) is 0 Å². The zero-order valence-corrected chi connectivity index (χ0v) is 10.7. The fraction of sp³-hybridized carbons (Fsp3) is 0.917. The van der Waals surface area contributed by atoms with Crippen LogP contribution in [0.25, 0.3) is 0 Å². The molecule has 2 aliphatic rings. The number of alkyl halides is 1. The van der Waals surface area contributed by atoms with Gasteiger partial charge in [-0.3, -0.25) is 4.39 Å². The van der Waals surface area contributed by atoms with E-state index in [2.05, 4.69) is 10.6 Å². The number of hydrogen-bond acceptors (Lipinski definition) is 3. The smallest absolute Gasteiger partial charge is 0.408 e. The van der Waals surface area contributed by atoms with E-state index in [1.807, 2.05) is 20.8 Å². The van der Waals surface area contributed by atoms with E-state index in [0.717, 1.165) is 6.54 Å². The lowest BCUT2D eigenvalue weighted by Gasteiger charge is -2.50. The van der Waals surface area contributed by atoms with E-state index >= 15 is 0 Å². The Balaban J connectivity index is 1.93. The number of carbonyl (C=O) groups excluding carboxylic acids is 1. The summed E-state index contributed by atoms with van der Waals surface area (Å²) in [6.07, 6.45) is 0.309. The van der Waals surface area contributed by atoms with E-state index < -0.39 is 11.7 Å². The molecule has 4 nitrogen and oxygen atoms in total. The Hall–Kier alpha value is -0.840. The first-order chi connectivity index (χ1) is 7.86. The van der Waals surface area contributed by atoms with Gasteiger partial charge in [0.2, 0.25) is 0 Å². The van der Waals surface area contributed by atoms with Gasteiger partial charge in [0.1, 0.15) is 5.60 Å². The predicted octanol–water partition coefficient (Wildman–Crippen LogP) is 1.46. The number of amides is 1. The Morgan fingerprint density at radius 1 is 1.59 bits per heavy atom. The van der Waals surface area contributed by atoms with E-state index in [1.165, 1.54) is 0 Å². The third-order valence-electron chi connectivity index (χ3n) is 3.66. The summed E-state index contributed by atoms with van der Waals surface area (Å²) in [7, 11) is 0. The quantitative estimate of drug-likeness (QED) is 0.773. The van der Waals surface area contributed by atoms with Crippen LogP contribution in [0.15, 0.2) is 0 Å². The molecule has 0 spiro atoms. The van der Waals surface area contributed by atoms with Crippen molar-refractivity contribution in [3.63, 3.8) is 0 Å². The van der Waals surface area contributed by atoms with Crippen molar-refractivity contribution in [1.82, 2.24) is 10.6 Å². The summed E-state index contributed by atoms with van der Waals surface area (Å²) < 4.78 is 17.9. The van der Waals surface area contributed by atoms with Crippen LogP contribution in [-0.4, -0.2) is 37.0 Å². The van der Waals surface area contributed by atoms with Crippen LogP contribution in [0.5, 0.6) is 0 Å². The van der Waals surface area contributed by atoms with Crippen molar-refractivity contribution >= 4 is 6.09 Å². The van der Waals surface area contributed by atoms with E-state index in [9.17, 15) is 9.18 Å². The molecule has 2 N–H and O–H groups in total. The van der Waals surface area contributed by atoms with Gasteiger partial charge in [-0.25, -0.2) is 4.79 Å². The summed E-state index contributed by atoms with van der Waals surface area (Å²) in [6.45, 7) is 6.70. The summed E-state index contributed by atoms with van der Waals surface area (Å²) in [5, 5.41) is 6.14. The van der Waals surface area contributed by atoms with E-state index in [1.54, 1.807) is 0 Å². The molecule has 2 fully saturated rings. The number of hydrogen-bond donors (Lipinski definition) is 2. The maximum absolute atomic E-state index is 12.7.